The Balaban J connectivity index is 0.000000365. The molecule has 0 bridgehead atoms. The minimum Gasteiger partial charge on any atom is -1.00 e. The van der Waals surface area contributed by atoms with E-state index >= 15 is 0 Å². The minimum atomic E-state index is 0. The van der Waals surface area contributed by atoms with Gasteiger partial charge < -0.3 is 14.0 Å². The fourth-order valence-corrected chi connectivity index (χ4v) is 3.50. The number of rotatable bonds is 1. The predicted molar refractivity (Wildman–Crippen MR) is 113 cm³/mol. The third-order valence-electron chi connectivity index (χ3n) is 5.07. The number of para-hydroxylation sites is 1. The number of fused-ring (bicyclic) bond motifs is 2. The quantitative estimate of drug-likeness (QED) is 0.323. The summed E-state index contributed by atoms with van der Waals surface area (Å²) < 4.78 is 2.33. The van der Waals surface area contributed by atoms with E-state index in [9.17, 15) is 0 Å². The van der Waals surface area contributed by atoms with Crippen LogP contribution >= 0.6 is 0 Å². The summed E-state index contributed by atoms with van der Waals surface area (Å²) in [4.78, 5) is 0. The maximum Gasteiger partial charge on any atom is 4.00 e. The first-order valence-corrected chi connectivity index (χ1v) is 9.05. The Morgan fingerprint density at radius 3 is 2.03 bits per heavy atom. The van der Waals surface area contributed by atoms with Crippen LogP contribution in [0.5, 0.6) is 0 Å². The monoisotopic (exact) mass is 465 g/mol. The summed E-state index contributed by atoms with van der Waals surface area (Å²) >= 11 is 0. The first-order chi connectivity index (χ1) is 12.6. The van der Waals surface area contributed by atoms with Crippen LogP contribution in [0, 0.1) is 20.8 Å². The van der Waals surface area contributed by atoms with Crippen LogP contribution in [0.25, 0.3) is 27.4 Å². The van der Waals surface area contributed by atoms with Crippen molar-refractivity contribution in [3.8, 4) is 5.69 Å². The van der Waals surface area contributed by atoms with Gasteiger partial charge in [-0.3, -0.25) is 0 Å². The summed E-state index contributed by atoms with van der Waals surface area (Å²) in [6.07, 6.45) is 0. The zero-order valence-electron chi connectivity index (χ0n) is 16.8. The zero-order valence-corrected chi connectivity index (χ0v) is 19.2. The number of nitrogens with zero attached hydrogens (tertiary/aromatic N) is 1. The molecular weight excluding hydrogens is 444 g/mol. The predicted octanol–water partition coefficient (Wildman–Crippen LogP) is 0.839. The summed E-state index contributed by atoms with van der Waals surface area (Å²) in [5.74, 6) is 0. The Hall–Kier alpha value is -2.32. The second-order valence-corrected chi connectivity index (χ2v) is 6.91. The van der Waals surface area contributed by atoms with Crippen molar-refractivity contribution in [3.63, 3.8) is 0 Å². The number of hydrogen-bond acceptors (Lipinski definition) is 0. The van der Waals surface area contributed by atoms with E-state index in [0.717, 1.165) is 0 Å². The molecule has 0 saturated heterocycles. The van der Waals surface area contributed by atoms with Gasteiger partial charge in [0, 0.05) is 11.1 Å². The van der Waals surface area contributed by atoms with Gasteiger partial charge in [0.1, 0.15) is 0 Å². The van der Waals surface area contributed by atoms with Gasteiger partial charge in [0.15, 0.2) is 0 Å². The molecule has 4 heteroatoms. The standard InChI is InChI=1S/C18H14N.C7H9.2FH.Zr/c1-13-10-16-8-4-5-9-18(16)19(13)17-11-14-6-2-3-7-15(14)12-17;1-6-4-3-5-7(6)2;;;/h2-12H,1H3;3-5H,1-2H3;2*1H;/q2*-1;;;+4/p-2. The van der Waals surface area contributed by atoms with Crippen LogP contribution < -0.4 is 9.41 Å². The molecule has 0 spiro atoms. The number of hydrogen-bond donors (Lipinski definition) is 0. The van der Waals surface area contributed by atoms with Crippen molar-refractivity contribution in [1.82, 2.24) is 4.57 Å². The summed E-state index contributed by atoms with van der Waals surface area (Å²) in [5.41, 5.74) is 6.58. The van der Waals surface area contributed by atoms with Gasteiger partial charge in [-0.2, -0.15) is 17.2 Å². The van der Waals surface area contributed by atoms with Crippen molar-refractivity contribution >= 4 is 21.7 Å². The molecule has 5 aromatic rings. The summed E-state index contributed by atoms with van der Waals surface area (Å²) in [7, 11) is 0. The summed E-state index contributed by atoms with van der Waals surface area (Å²) in [5, 5.41) is 3.90. The van der Waals surface area contributed by atoms with Gasteiger partial charge in [0.05, 0.1) is 5.52 Å². The largest absolute Gasteiger partial charge is 4.00 e. The normalized spacial score (nSPS) is 9.76. The van der Waals surface area contributed by atoms with Crippen molar-refractivity contribution in [2.75, 3.05) is 0 Å². The van der Waals surface area contributed by atoms with Gasteiger partial charge in [-0.05, 0) is 24.7 Å². The Morgan fingerprint density at radius 2 is 1.45 bits per heavy atom. The van der Waals surface area contributed by atoms with Crippen LogP contribution in [0.4, 0.5) is 0 Å². The van der Waals surface area contributed by atoms with E-state index in [-0.39, 0.29) is 35.6 Å². The minimum absolute atomic E-state index is 0. The molecule has 0 atom stereocenters. The van der Waals surface area contributed by atoms with Crippen LogP contribution in [-0.2, 0) is 26.2 Å². The molecule has 0 aliphatic heterocycles. The second-order valence-electron chi connectivity index (χ2n) is 6.91. The third kappa shape index (κ3) is 5.00. The number of halogens is 2. The molecule has 0 saturated carbocycles. The molecule has 146 valence electrons. The van der Waals surface area contributed by atoms with E-state index in [0.29, 0.717) is 0 Å². The summed E-state index contributed by atoms with van der Waals surface area (Å²) in [6, 6.07) is 30.1. The molecule has 0 aliphatic rings. The van der Waals surface area contributed by atoms with Crippen molar-refractivity contribution in [2.24, 2.45) is 0 Å². The molecule has 0 fully saturated rings. The maximum absolute atomic E-state index is 2.33. The Labute approximate surface area is 189 Å². The zero-order chi connectivity index (χ0) is 18.1. The van der Waals surface area contributed by atoms with Crippen LogP contribution in [-0.4, -0.2) is 4.57 Å². The van der Waals surface area contributed by atoms with Crippen LogP contribution in [0.1, 0.15) is 16.8 Å². The number of aryl methyl sites for hydroxylation is 3. The molecule has 0 unspecified atom stereocenters. The third-order valence-corrected chi connectivity index (χ3v) is 5.07. The molecule has 0 aliphatic carbocycles. The summed E-state index contributed by atoms with van der Waals surface area (Å²) in [6.45, 7) is 6.41. The molecule has 1 heterocycles. The molecule has 0 N–H and O–H groups in total. The Bertz CT molecular complexity index is 1130. The SMILES string of the molecule is Cc1cc2ccccc2n1-c1cc2ccccc2[cH-]1.Cc1ccc[c-]1C.[F-].[F-].[Zr+4]. The van der Waals surface area contributed by atoms with Crippen molar-refractivity contribution in [2.45, 2.75) is 20.8 Å². The number of aromatic nitrogens is 1. The molecule has 1 aromatic heterocycles. The first kappa shape index (κ1) is 24.7. The Kier molecular flexibility index (Phi) is 8.91. The first-order valence-electron chi connectivity index (χ1n) is 9.05. The van der Waals surface area contributed by atoms with E-state index in [1.54, 1.807) is 0 Å². The van der Waals surface area contributed by atoms with Gasteiger partial charge in [0.2, 0.25) is 0 Å². The van der Waals surface area contributed by atoms with Gasteiger partial charge in [-0.1, -0.05) is 38.1 Å². The van der Waals surface area contributed by atoms with E-state index in [1.165, 1.54) is 44.2 Å². The van der Waals surface area contributed by atoms with Gasteiger partial charge in [0.25, 0.3) is 0 Å². The fraction of sp³-hybridized carbons (Fsp3) is 0.120. The van der Waals surface area contributed by atoms with Crippen LogP contribution in [0.3, 0.4) is 0 Å². The molecule has 1 nitrogen and oxygen atoms in total. The van der Waals surface area contributed by atoms with Gasteiger partial charge in [-0.25, -0.2) is 12.1 Å². The van der Waals surface area contributed by atoms with Crippen molar-refractivity contribution in [1.29, 1.82) is 0 Å². The topological polar surface area (TPSA) is 4.93 Å². The molecule has 0 amide bonds. The van der Waals surface area contributed by atoms with E-state index in [2.05, 4.69) is 110 Å². The molecular formula is C25H23F2NZr. The van der Waals surface area contributed by atoms with E-state index in [4.69, 9.17) is 0 Å². The smallest absolute Gasteiger partial charge is 1.00 e. The molecule has 5 rings (SSSR count). The van der Waals surface area contributed by atoms with Crippen molar-refractivity contribution in [3.05, 3.63) is 102 Å². The van der Waals surface area contributed by atoms with Gasteiger partial charge in [-0.15, -0.1) is 41.1 Å². The van der Waals surface area contributed by atoms with E-state index < -0.39 is 0 Å². The van der Waals surface area contributed by atoms with Gasteiger partial charge >= 0.3 is 26.2 Å². The molecule has 0 radical (unpaired) electrons. The van der Waals surface area contributed by atoms with Crippen LogP contribution in [0.2, 0.25) is 0 Å². The average molecular weight is 467 g/mol. The van der Waals surface area contributed by atoms with Crippen LogP contribution in [0.15, 0.2) is 84.9 Å². The fourth-order valence-electron chi connectivity index (χ4n) is 3.50. The Morgan fingerprint density at radius 1 is 0.793 bits per heavy atom. The molecule has 4 aromatic carbocycles. The molecule has 29 heavy (non-hydrogen) atoms. The van der Waals surface area contributed by atoms with E-state index in [1.807, 2.05) is 0 Å². The van der Waals surface area contributed by atoms with Crippen molar-refractivity contribution < 1.29 is 35.6 Å². The second kappa shape index (κ2) is 10.5. The average Bonchev–Trinajstić information content (AvgIpc) is 3.31. The number of benzene rings is 2. The maximum atomic E-state index is 2.33.